The van der Waals surface area contributed by atoms with Gasteiger partial charge in [-0.25, -0.2) is 0 Å². The van der Waals surface area contributed by atoms with Crippen LogP contribution in [0.2, 0.25) is 0 Å². The zero-order chi connectivity index (χ0) is 22.8. The minimum absolute atomic E-state index is 0.0843. The molecule has 10 heteroatoms. The van der Waals surface area contributed by atoms with Gasteiger partial charge in [0, 0.05) is 51.3 Å². The first kappa shape index (κ1) is 22.9. The average Bonchev–Trinajstić information content (AvgIpc) is 3.09. The molecule has 2 fully saturated rings. The van der Waals surface area contributed by atoms with E-state index in [-0.39, 0.29) is 36.3 Å². The molecule has 31 heavy (non-hydrogen) atoms. The van der Waals surface area contributed by atoms with Crippen LogP contribution in [0.15, 0.2) is 18.2 Å². The summed E-state index contributed by atoms with van der Waals surface area (Å²) < 4.78 is 39.9. The number of benzene rings is 1. The fourth-order valence-electron chi connectivity index (χ4n) is 4.62. The molecule has 0 radical (unpaired) electrons. The molecule has 2 saturated heterocycles. The van der Waals surface area contributed by atoms with Gasteiger partial charge in [-0.1, -0.05) is 0 Å². The van der Waals surface area contributed by atoms with Gasteiger partial charge in [-0.3, -0.25) is 9.59 Å². The second-order valence-electron chi connectivity index (χ2n) is 8.25. The van der Waals surface area contributed by atoms with Crippen molar-refractivity contribution >= 4 is 17.5 Å². The molecule has 2 aliphatic heterocycles. The highest BCUT2D eigenvalue weighted by atomic mass is 19.4. The number of amides is 2. The van der Waals surface area contributed by atoms with Crippen LogP contribution in [0.1, 0.15) is 30.9 Å². The number of halogens is 3. The summed E-state index contributed by atoms with van der Waals surface area (Å²) in [6, 6.07) is 5.31. The van der Waals surface area contributed by atoms with Gasteiger partial charge >= 0.3 is 6.18 Å². The Kier molecular flexibility index (Phi) is 6.46. The molecule has 168 valence electrons. The van der Waals surface area contributed by atoms with Crippen LogP contribution in [-0.4, -0.2) is 61.2 Å². The number of rotatable bonds is 4. The Morgan fingerprint density at radius 1 is 1.32 bits per heavy atom. The Bertz CT molecular complexity index is 889. The summed E-state index contributed by atoms with van der Waals surface area (Å²) in [6.45, 7) is 2.95. The number of piperidine rings is 1. The molecule has 2 heterocycles. The first-order valence-electron chi connectivity index (χ1n) is 10.1. The lowest BCUT2D eigenvalue weighted by Gasteiger charge is -2.43. The summed E-state index contributed by atoms with van der Waals surface area (Å²) in [4.78, 5) is 27.0. The number of aliphatic hydroxyl groups excluding tert-OH is 1. The highest BCUT2D eigenvalue weighted by Crippen LogP contribution is 2.45. The number of likely N-dealkylation sites (tertiary alicyclic amines) is 1. The first-order valence-corrected chi connectivity index (χ1v) is 10.1. The zero-order valence-electron chi connectivity index (χ0n) is 17.2. The maximum absolute atomic E-state index is 13.3. The second kappa shape index (κ2) is 8.75. The average molecular weight is 438 g/mol. The van der Waals surface area contributed by atoms with Crippen LogP contribution in [-0.2, 0) is 15.8 Å². The lowest BCUT2D eigenvalue weighted by molar-refractivity contribution is -0.137. The molecular formula is C21H25F3N4O3. The Labute approximate surface area is 178 Å². The number of nitrogens with one attached hydrogen (secondary N) is 1. The summed E-state index contributed by atoms with van der Waals surface area (Å²) in [5.41, 5.74) is -1.26. The molecule has 2 amide bonds. The van der Waals surface area contributed by atoms with Gasteiger partial charge in [0.15, 0.2) is 0 Å². The zero-order valence-corrected chi connectivity index (χ0v) is 17.2. The summed E-state index contributed by atoms with van der Waals surface area (Å²) in [7, 11) is 0. The number of alkyl halides is 3. The summed E-state index contributed by atoms with van der Waals surface area (Å²) in [6.07, 6.45) is -3.38. The van der Waals surface area contributed by atoms with Crippen LogP contribution >= 0.6 is 0 Å². The van der Waals surface area contributed by atoms with Crippen molar-refractivity contribution in [3.63, 3.8) is 0 Å². The third kappa shape index (κ3) is 4.77. The molecule has 0 saturated carbocycles. The number of hydrogen-bond acceptors (Lipinski definition) is 5. The maximum atomic E-state index is 13.3. The minimum Gasteiger partial charge on any atom is -0.396 e. The molecule has 0 bridgehead atoms. The number of nitriles is 1. The van der Waals surface area contributed by atoms with E-state index in [0.717, 1.165) is 6.07 Å². The fourth-order valence-corrected chi connectivity index (χ4v) is 4.62. The van der Waals surface area contributed by atoms with Gasteiger partial charge in [0.2, 0.25) is 11.8 Å². The molecular weight excluding hydrogens is 413 g/mol. The van der Waals surface area contributed by atoms with E-state index in [1.54, 1.807) is 11.0 Å². The van der Waals surface area contributed by atoms with Crippen molar-refractivity contribution in [1.82, 2.24) is 10.2 Å². The third-order valence-corrected chi connectivity index (χ3v) is 6.43. The van der Waals surface area contributed by atoms with Gasteiger partial charge in [-0.2, -0.15) is 18.4 Å². The topological polar surface area (TPSA) is 96.7 Å². The molecule has 7 nitrogen and oxygen atoms in total. The van der Waals surface area contributed by atoms with Crippen molar-refractivity contribution < 1.29 is 27.9 Å². The van der Waals surface area contributed by atoms with Crippen LogP contribution < -0.4 is 10.2 Å². The van der Waals surface area contributed by atoms with E-state index in [9.17, 15) is 27.9 Å². The number of anilines is 1. The van der Waals surface area contributed by atoms with Gasteiger partial charge in [0.05, 0.1) is 23.7 Å². The molecule has 1 atom stereocenters. The van der Waals surface area contributed by atoms with E-state index in [0.29, 0.717) is 44.7 Å². The number of nitrogens with zero attached hydrogens (tertiary/aromatic N) is 3. The quantitative estimate of drug-likeness (QED) is 0.747. The lowest BCUT2D eigenvalue weighted by atomic mass is 9.71. The molecule has 0 aromatic heterocycles. The van der Waals surface area contributed by atoms with E-state index in [2.05, 4.69) is 5.32 Å². The largest absolute Gasteiger partial charge is 0.417 e. The lowest BCUT2D eigenvalue weighted by Crippen LogP contribution is -2.46. The SMILES string of the molecule is CC(=O)NCC(=O)N1CC(CO)C2(CCN(c3ccc(C#N)c(C(F)(F)F)c3)CC2)C1. The van der Waals surface area contributed by atoms with Crippen LogP contribution in [0.5, 0.6) is 0 Å². The molecule has 3 rings (SSSR count). The monoisotopic (exact) mass is 438 g/mol. The summed E-state index contributed by atoms with van der Waals surface area (Å²) >= 11 is 0. The molecule has 1 aromatic carbocycles. The van der Waals surface area contributed by atoms with Crippen molar-refractivity contribution in [2.24, 2.45) is 11.3 Å². The van der Waals surface area contributed by atoms with E-state index in [1.807, 2.05) is 4.90 Å². The van der Waals surface area contributed by atoms with Gasteiger partial charge in [0.25, 0.3) is 0 Å². The summed E-state index contributed by atoms with van der Waals surface area (Å²) in [5.74, 6) is -0.632. The van der Waals surface area contributed by atoms with E-state index >= 15 is 0 Å². The highest BCUT2D eigenvalue weighted by molar-refractivity contribution is 5.84. The molecule has 2 N–H and O–H groups in total. The minimum atomic E-state index is -4.61. The van der Waals surface area contributed by atoms with Crippen LogP contribution in [0.25, 0.3) is 0 Å². The van der Waals surface area contributed by atoms with Crippen LogP contribution in [0.3, 0.4) is 0 Å². The maximum Gasteiger partial charge on any atom is 0.417 e. The van der Waals surface area contributed by atoms with Crippen molar-refractivity contribution in [3.8, 4) is 6.07 Å². The van der Waals surface area contributed by atoms with Crippen molar-refractivity contribution in [1.29, 1.82) is 5.26 Å². The molecule has 2 aliphatic rings. The number of aliphatic hydroxyl groups is 1. The first-order chi connectivity index (χ1) is 14.6. The normalized spacial score (nSPS) is 20.6. The van der Waals surface area contributed by atoms with Crippen molar-refractivity contribution in [2.75, 3.05) is 44.2 Å². The van der Waals surface area contributed by atoms with Crippen LogP contribution in [0.4, 0.5) is 18.9 Å². The predicted molar refractivity (Wildman–Crippen MR) is 106 cm³/mol. The Morgan fingerprint density at radius 3 is 2.55 bits per heavy atom. The van der Waals surface area contributed by atoms with Gasteiger partial charge in [0.1, 0.15) is 0 Å². The van der Waals surface area contributed by atoms with Crippen LogP contribution in [0, 0.1) is 22.7 Å². The van der Waals surface area contributed by atoms with E-state index < -0.39 is 17.3 Å². The fraction of sp³-hybridized carbons (Fsp3) is 0.571. The van der Waals surface area contributed by atoms with E-state index in [4.69, 9.17) is 5.26 Å². The number of carbonyl (C=O) groups is 2. The Morgan fingerprint density at radius 2 is 2.00 bits per heavy atom. The van der Waals surface area contributed by atoms with Gasteiger partial charge in [-0.15, -0.1) is 0 Å². The summed E-state index contributed by atoms with van der Waals surface area (Å²) in [5, 5.41) is 21.4. The van der Waals surface area contributed by atoms with Gasteiger partial charge in [-0.05, 0) is 36.5 Å². The molecule has 0 aliphatic carbocycles. The number of hydrogen-bond donors (Lipinski definition) is 2. The van der Waals surface area contributed by atoms with Crippen molar-refractivity contribution in [2.45, 2.75) is 25.9 Å². The standard InChI is InChI=1S/C21H25F3N4O3/c1-14(30)26-10-19(31)28-11-16(12-29)20(13-28)4-6-27(7-5-20)17-3-2-15(9-25)18(8-17)21(22,23)24/h2-3,8,16,29H,4-7,10-13H2,1H3,(H,26,30). The second-order valence-corrected chi connectivity index (χ2v) is 8.25. The molecule has 1 aromatic rings. The van der Waals surface area contributed by atoms with E-state index in [1.165, 1.54) is 19.1 Å². The highest BCUT2D eigenvalue weighted by Gasteiger charge is 2.49. The Hall–Kier alpha value is -2.80. The molecule has 1 spiro atoms. The Balaban J connectivity index is 1.71. The predicted octanol–water partition coefficient (Wildman–Crippen LogP) is 1.75. The smallest absolute Gasteiger partial charge is 0.396 e. The molecule has 1 unspecified atom stereocenters. The number of carbonyl (C=O) groups excluding carboxylic acids is 2. The van der Waals surface area contributed by atoms with Gasteiger partial charge < -0.3 is 20.2 Å². The third-order valence-electron chi connectivity index (χ3n) is 6.43. The van der Waals surface area contributed by atoms with Crippen molar-refractivity contribution in [3.05, 3.63) is 29.3 Å².